The Morgan fingerprint density at radius 2 is 2.00 bits per heavy atom. The molecule has 1 unspecified atom stereocenters. The average molecular weight is 314 g/mol. The van der Waals surface area contributed by atoms with Crippen molar-refractivity contribution in [1.82, 2.24) is 5.32 Å². The van der Waals surface area contributed by atoms with Crippen LogP contribution < -0.4 is 5.32 Å². The third-order valence-electron chi connectivity index (χ3n) is 2.28. The van der Waals surface area contributed by atoms with Crippen molar-refractivity contribution in [1.29, 1.82) is 0 Å². The monoisotopic (exact) mass is 313 g/mol. The van der Waals surface area contributed by atoms with Crippen LogP contribution >= 0.6 is 15.9 Å². The molecule has 0 aliphatic rings. The van der Waals surface area contributed by atoms with Crippen molar-refractivity contribution in [2.45, 2.75) is 25.6 Å². The zero-order valence-corrected chi connectivity index (χ0v) is 10.7. The van der Waals surface area contributed by atoms with Crippen LogP contribution in [-0.2, 0) is 6.42 Å². The highest BCUT2D eigenvalue weighted by Crippen LogP contribution is 2.25. The van der Waals surface area contributed by atoms with E-state index in [1.807, 2.05) is 0 Å². The summed E-state index contributed by atoms with van der Waals surface area (Å²) in [6.45, 7) is 1.76. The lowest BCUT2D eigenvalue weighted by molar-refractivity contribution is -0.155. The number of halogens is 5. The Bertz CT molecular complexity index is 378. The summed E-state index contributed by atoms with van der Waals surface area (Å²) in [7, 11) is 0. The Balaban J connectivity index is 2.86. The largest absolute Gasteiger partial charge is 0.404 e. The van der Waals surface area contributed by atoms with E-state index in [1.54, 1.807) is 6.92 Å². The minimum absolute atomic E-state index is 0.0523. The fourth-order valence-electron chi connectivity index (χ4n) is 1.46. The Hall–Kier alpha value is -0.620. The highest BCUT2D eigenvalue weighted by atomic mass is 79.9. The quantitative estimate of drug-likeness (QED) is 0.836. The molecular formula is C11H12BrF4N. The van der Waals surface area contributed by atoms with Crippen LogP contribution in [0.4, 0.5) is 17.6 Å². The first-order valence-corrected chi connectivity index (χ1v) is 5.88. The molecule has 0 aliphatic heterocycles. The molecule has 0 fully saturated rings. The van der Waals surface area contributed by atoms with Crippen LogP contribution in [0.25, 0.3) is 0 Å². The lowest BCUT2D eigenvalue weighted by atomic mass is 10.1. The molecule has 0 radical (unpaired) electrons. The van der Waals surface area contributed by atoms with E-state index in [4.69, 9.17) is 0 Å². The Labute approximate surface area is 105 Å². The molecule has 0 aromatic heterocycles. The Morgan fingerprint density at radius 3 is 2.47 bits per heavy atom. The Morgan fingerprint density at radius 1 is 1.35 bits per heavy atom. The van der Waals surface area contributed by atoms with Crippen molar-refractivity contribution in [3.8, 4) is 0 Å². The van der Waals surface area contributed by atoms with Gasteiger partial charge in [0.25, 0.3) is 0 Å². The molecule has 0 heterocycles. The summed E-state index contributed by atoms with van der Waals surface area (Å²) >= 11 is 3.05. The molecule has 0 amide bonds. The van der Waals surface area contributed by atoms with Gasteiger partial charge in [0.15, 0.2) is 0 Å². The minimum Gasteiger partial charge on any atom is -0.306 e. The van der Waals surface area contributed by atoms with Gasteiger partial charge in [0.1, 0.15) is 11.9 Å². The highest BCUT2D eigenvalue weighted by molar-refractivity contribution is 9.10. The van der Waals surface area contributed by atoms with Gasteiger partial charge in [0.2, 0.25) is 0 Å². The van der Waals surface area contributed by atoms with E-state index in [1.165, 1.54) is 12.1 Å². The van der Waals surface area contributed by atoms with Crippen LogP contribution in [0.2, 0.25) is 0 Å². The van der Waals surface area contributed by atoms with Gasteiger partial charge in [-0.15, -0.1) is 0 Å². The standard InChI is InChI=1S/C11H12BrF4N/c1-2-17-10(11(14,15)16)5-7-3-4-8(12)6-9(7)13/h3-4,6,10,17H,2,5H2,1H3. The van der Waals surface area contributed by atoms with Crippen molar-refractivity contribution >= 4 is 15.9 Å². The summed E-state index contributed by atoms with van der Waals surface area (Å²) in [6, 6.07) is 2.32. The molecule has 17 heavy (non-hydrogen) atoms. The van der Waals surface area contributed by atoms with Crippen molar-refractivity contribution in [2.24, 2.45) is 0 Å². The maximum atomic E-state index is 13.4. The molecule has 0 aliphatic carbocycles. The van der Waals surface area contributed by atoms with Gasteiger partial charge in [-0.1, -0.05) is 28.9 Å². The summed E-state index contributed by atoms with van der Waals surface area (Å²) in [6.07, 6.45) is -4.79. The number of hydrogen-bond donors (Lipinski definition) is 1. The van der Waals surface area contributed by atoms with Crippen LogP contribution in [0.3, 0.4) is 0 Å². The van der Waals surface area contributed by atoms with Gasteiger partial charge in [-0.2, -0.15) is 13.2 Å². The summed E-state index contributed by atoms with van der Waals surface area (Å²) < 4.78 is 51.7. The van der Waals surface area contributed by atoms with Crippen molar-refractivity contribution in [3.63, 3.8) is 0 Å². The second-order valence-electron chi connectivity index (χ2n) is 3.59. The molecule has 6 heteroatoms. The number of hydrogen-bond acceptors (Lipinski definition) is 1. The number of nitrogens with one attached hydrogen (secondary N) is 1. The smallest absolute Gasteiger partial charge is 0.306 e. The fraction of sp³-hybridized carbons (Fsp3) is 0.455. The lowest BCUT2D eigenvalue weighted by Gasteiger charge is -2.21. The van der Waals surface area contributed by atoms with Gasteiger partial charge in [-0.05, 0) is 30.7 Å². The molecule has 0 spiro atoms. The van der Waals surface area contributed by atoms with E-state index in [0.29, 0.717) is 4.47 Å². The summed E-state index contributed by atoms with van der Waals surface area (Å²) in [5.41, 5.74) is 0.0523. The van der Waals surface area contributed by atoms with E-state index in [-0.39, 0.29) is 12.1 Å². The second kappa shape index (κ2) is 5.82. The number of rotatable bonds is 4. The van der Waals surface area contributed by atoms with Gasteiger partial charge in [-0.25, -0.2) is 4.39 Å². The lowest BCUT2D eigenvalue weighted by Crippen LogP contribution is -2.43. The molecule has 0 saturated carbocycles. The van der Waals surface area contributed by atoms with Gasteiger partial charge in [0, 0.05) is 4.47 Å². The summed E-state index contributed by atoms with van der Waals surface area (Å²) in [4.78, 5) is 0. The minimum atomic E-state index is -4.38. The number of likely N-dealkylation sites (N-methyl/N-ethyl adjacent to an activating group) is 1. The normalized spacial score (nSPS) is 13.8. The zero-order chi connectivity index (χ0) is 13.1. The Kier molecular flexibility index (Phi) is 4.94. The van der Waals surface area contributed by atoms with Crippen LogP contribution in [-0.4, -0.2) is 18.8 Å². The molecule has 1 atom stereocenters. The van der Waals surface area contributed by atoms with E-state index in [0.717, 1.165) is 6.07 Å². The fourth-order valence-corrected chi connectivity index (χ4v) is 1.79. The molecule has 1 aromatic carbocycles. The topological polar surface area (TPSA) is 12.0 Å². The molecule has 1 nitrogen and oxygen atoms in total. The van der Waals surface area contributed by atoms with Crippen LogP contribution in [0.15, 0.2) is 22.7 Å². The van der Waals surface area contributed by atoms with Gasteiger partial charge < -0.3 is 5.32 Å². The first-order chi connectivity index (χ1) is 7.84. The van der Waals surface area contributed by atoms with E-state index < -0.39 is 24.5 Å². The molecule has 1 N–H and O–H groups in total. The average Bonchev–Trinajstić information content (AvgIpc) is 2.19. The highest BCUT2D eigenvalue weighted by Gasteiger charge is 2.39. The van der Waals surface area contributed by atoms with E-state index >= 15 is 0 Å². The van der Waals surface area contributed by atoms with Crippen LogP contribution in [0.1, 0.15) is 12.5 Å². The van der Waals surface area contributed by atoms with Gasteiger partial charge >= 0.3 is 6.18 Å². The van der Waals surface area contributed by atoms with Crippen LogP contribution in [0.5, 0.6) is 0 Å². The van der Waals surface area contributed by atoms with Crippen molar-refractivity contribution in [3.05, 3.63) is 34.1 Å². The van der Waals surface area contributed by atoms with Crippen molar-refractivity contribution in [2.75, 3.05) is 6.54 Å². The summed E-state index contributed by atoms with van der Waals surface area (Å²) in [5, 5.41) is 2.31. The third-order valence-corrected chi connectivity index (χ3v) is 2.78. The maximum Gasteiger partial charge on any atom is 0.404 e. The van der Waals surface area contributed by atoms with Crippen LogP contribution in [0, 0.1) is 5.82 Å². The first-order valence-electron chi connectivity index (χ1n) is 5.08. The predicted octanol–water partition coefficient (Wildman–Crippen LogP) is 3.67. The molecule has 0 bridgehead atoms. The first kappa shape index (κ1) is 14.4. The maximum absolute atomic E-state index is 13.4. The van der Waals surface area contributed by atoms with Crippen molar-refractivity contribution < 1.29 is 17.6 Å². The van der Waals surface area contributed by atoms with E-state index in [2.05, 4.69) is 21.2 Å². The molecule has 0 saturated heterocycles. The molecular weight excluding hydrogens is 302 g/mol. The number of benzene rings is 1. The van der Waals surface area contributed by atoms with E-state index in [9.17, 15) is 17.6 Å². The second-order valence-corrected chi connectivity index (χ2v) is 4.51. The molecule has 1 rings (SSSR count). The SMILES string of the molecule is CCNC(Cc1ccc(Br)cc1F)C(F)(F)F. The van der Waals surface area contributed by atoms with Gasteiger partial charge in [0.05, 0.1) is 0 Å². The number of alkyl halides is 3. The predicted molar refractivity (Wildman–Crippen MR) is 61.3 cm³/mol. The zero-order valence-electron chi connectivity index (χ0n) is 9.11. The molecule has 1 aromatic rings. The van der Waals surface area contributed by atoms with Gasteiger partial charge in [-0.3, -0.25) is 0 Å². The summed E-state index contributed by atoms with van der Waals surface area (Å²) in [5.74, 6) is -0.633. The third kappa shape index (κ3) is 4.27. The molecule has 96 valence electrons.